The first-order chi connectivity index (χ1) is 15.0. The lowest BCUT2D eigenvalue weighted by Crippen LogP contribution is -2.21. The van der Waals surface area contributed by atoms with E-state index < -0.39 is 11.9 Å². The fourth-order valence-corrected chi connectivity index (χ4v) is 3.73. The zero-order chi connectivity index (χ0) is 21.8. The van der Waals surface area contributed by atoms with Gasteiger partial charge in [-0.15, -0.1) is 11.3 Å². The summed E-state index contributed by atoms with van der Waals surface area (Å²) in [6.07, 6.45) is 1.61. The van der Waals surface area contributed by atoms with E-state index in [0.29, 0.717) is 22.0 Å². The molecule has 0 aliphatic rings. The number of esters is 1. The number of fused-ring (bicyclic) bond motifs is 1. The number of nitrogens with zero attached hydrogens (tertiary/aromatic N) is 2. The number of rotatable bonds is 5. The van der Waals surface area contributed by atoms with E-state index in [9.17, 15) is 9.59 Å². The molecule has 0 atom stereocenters. The molecular formula is C22H16BrN3O4S. The summed E-state index contributed by atoms with van der Waals surface area (Å²) in [5.41, 5.74) is 1.73. The topological polar surface area (TPSA) is 93.8 Å². The predicted octanol–water partition coefficient (Wildman–Crippen LogP) is 5.31. The molecule has 0 fully saturated rings. The molecule has 2 aromatic heterocycles. The summed E-state index contributed by atoms with van der Waals surface area (Å²) in [5.74, 6) is -0.845. The zero-order valence-corrected chi connectivity index (χ0v) is 18.7. The van der Waals surface area contributed by atoms with E-state index >= 15 is 0 Å². The molecule has 0 bridgehead atoms. The lowest BCUT2D eigenvalue weighted by atomic mass is 10.1. The van der Waals surface area contributed by atoms with Crippen molar-refractivity contribution in [2.45, 2.75) is 6.92 Å². The molecule has 0 unspecified atom stereocenters. The molecular weight excluding hydrogens is 482 g/mol. The summed E-state index contributed by atoms with van der Waals surface area (Å²) in [4.78, 5) is 33.6. The van der Waals surface area contributed by atoms with Gasteiger partial charge in [-0.1, -0.05) is 22.0 Å². The van der Waals surface area contributed by atoms with Crippen LogP contribution in [0.1, 0.15) is 27.6 Å². The highest BCUT2D eigenvalue weighted by atomic mass is 79.9. The molecule has 2 heterocycles. The second-order valence-corrected chi connectivity index (χ2v) is 8.13. The minimum absolute atomic E-state index is 0.116. The number of anilines is 1. The van der Waals surface area contributed by atoms with Gasteiger partial charge in [0.15, 0.2) is 5.13 Å². The van der Waals surface area contributed by atoms with Gasteiger partial charge in [-0.25, -0.2) is 14.8 Å². The molecule has 7 nitrogen and oxygen atoms in total. The summed E-state index contributed by atoms with van der Waals surface area (Å²) >= 11 is 4.74. The molecule has 0 spiro atoms. The van der Waals surface area contributed by atoms with Crippen molar-refractivity contribution in [3.8, 4) is 0 Å². The van der Waals surface area contributed by atoms with Gasteiger partial charge in [-0.3, -0.25) is 10.1 Å². The van der Waals surface area contributed by atoms with Crippen molar-refractivity contribution in [2.24, 2.45) is 4.99 Å². The summed E-state index contributed by atoms with van der Waals surface area (Å²) in [6, 6.07) is 13.8. The van der Waals surface area contributed by atoms with Crippen LogP contribution in [0.15, 0.2) is 74.0 Å². The summed E-state index contributed by atoms with van der Waals surface area (Å²) in [5, 5.41) is 5.72. The highest BCUT2D eigenvalue weighted by Crippen LogP contribution is 2.21. The van der Waals surface area contributed by atoms with Crippen LogP contribution < -0.4 is 10.9 Å². The molecule has 4 aromatic rings. The largest absolute Gasteiger partial charge is 0.462 e. The molecule has 0 saturated heterocycles. The first-order valence-corrected chi connectivity index (χ1v) is 11.0. The second-order valence-electron chi connectivity index (χ2n) is 6.32. The lowest BCUT2D eigenvalue weighted by Gasteiger charge is -2.06. The summed E-state index contributed by atoms with van der Waals surface area (Å²) in [7, 11) is 0. The molecule has 31 heavy (non-hydrogen) atoms. The van der Waals surface area contributed by atoms with E-state index in [1.807, 2.05) is 12.1 Å². The molecule has 0 saturated carbocycles. The van der Waals surface area contributed by atoms with Gasteiger partial charge in [0, 0.05) is 21.4 Å². The average molecular weight is 498 g/mol. The van der Waals surface area contributed by atoms with Crippen molar-refractivity contribution in [1.29, 1.82) is 0 Å². The van der Waals surface area contributed by atoms with Gasteiger partial charge in [0.05, 0.1) is 17.9 Å². The third-order valence-electron chi connectivity index (χ3n) is 4.19. The minimum Gasteiger partial charge on any atom is -0.462 e. The number of carbonyl (C=O) groups is 2. The quantitative estimate of drug-likeness (QED) is 0.377. The maximum Gasteiger partial charge on any atom is 0.338 e. The monoisotopic (exact) mass is 497 g/mol. The Morgan fingerprint density at radius 2 is 2.10 bits per heavy atom. The van der Waals surface area contributed by atoms with Crippen molar-refractivity contribution in [2.75, 3.05) is 11.9 Å². The molecule has 0 aliphatic carbocycles. The van der Waals surface area contributed by atoms with Gasteiger partial charge in [0.25, 0.3) is 5.91 Å². The Kier molecular flexibility index (Phi) is 6.24. The number of thiazole rings is 1. The smallest absolute Gasteiger partial charge is 0.338 e. The molecule has 156 valence electrons. The first kappa shape index (κ1) is 21.0. The number of aromatic nitrogens is 1. The standard InChI is InChI=1S/C22H16BrN3O4S/c1-2-29-21(28)13-4-3-5-16(11-13)25-20-17(19(27)26-22-24-8-9-31-22)12-14-10-15(23)6-7-18(14)30-20/h3-12H,2H2,1H3,(H,24,26,27). The van der Waals surface area contributed by atoms with Crippen LogP contribution in [0, 0.1) is 0 Å². The summed E-state index contributed by atoms with van der Waals surface area (Å²) in [6.45, 7) is 2.02. The van der Waals surface area contributed by atoms with Crippen LogP contribution in [0.3, 0.4) is 0 Å². The molecule has 4 rings (SSSR count). The molecule has 0 aliphatic heterocycles. The van der Waals surface area contributed by atoms with E-state index in [4.69, 9.17) is 9.15 Å². The zero-order valence-electron chi connectivity index (χ0n) is 16.3. The minimum atomic E-state index is -0.443. The van der Waals surface area contributed by atoms with Gasteiger partial charge in [-0.05, 0) is 49.4 Å². The van der Waals surface area contributed by atoms with Crippen molar-refractivity contribution >= 4 is 60.9 Å². The number of benzene rings is 2. The van der Waals surface area contributed by atoms with Gasteiger partial charge in [0.1, 0.15) is 11.1 Å². The second kappa shape index (κ2) is 9.23. The van der Waals surface area contributed by atoms with Crippen molar-refractivity contribution in [1.82, 2.24) is 4.98 Å². The number of carbonyl (C=O) groups excluding carboxylic acids is 2. The lowest BCUT2D eigenvalue weighted by molar-refractivity contribution is 0.0526. The van der Waals surface area contributed by atoms with Crippen LogP contribution in [-0.2, 0) is 4.74 Å². The number of amides is 1. The Morgan fingerprint density at radius 1 is 1.23 bits per heavy atom. The number of nitrogens with one attached hydrogen (secondary N) is 1. The maximum absolute atomic E-state index is 13.0. The Bertz CT molecular complexity index is 1330. The average Bonchev–Trinajstić information content (AvgIpc) is 3.27. The third-order valence-corrected chi connectivity index (χ3v) is 5.38. The Morgan fingerprint density at radius 3 is 2.87 bits per heavy atom. The Hall–Kier alpha value is -3.30. The molecule has 1 amide bonds. The van der Waals surface area contributed by atoms with Crippen molar-refractivity contribution in [3.05, 3.63) is 81.3 Å². The maximum atomic E-state index is 13.0. The SMILES string of the molecule is CCOC(=O)c1cccc(N=c2oc3ccc(Br)cc3cc2C(=O)Nc2nccs2)c1. The fourth-order valence-electron chi connectivity index (χ4n) is 2.83. The van der Waals surface area contributed by atoms with Crippen LogP contribution >= 0.6 is 27.3 Å². The number of halogens is 1. The fraction of sp³-hybridized carbons (Fsp3) is 0.0909. The van der Waals surface area contributed by atoms with E-state index in [1.54, 1.807) is 54.9 Å². The number of hydrogen-bond acceptors (Lipinski definition) is 7. The van der Waals surface area contributed by atoms with Gasteiger partial charge >= 0.3 is 5.97 Å². The van der Waals surface area contributed by atoms with Crippen LogP contribution in [-0.4, -0.2) is 23.5 Å². The molecule has 2 aromatic carbocycles. The number of ether oxygens (including phenoxy) is 1. The Balaban J connectivity index is 1.83. The highest BCUT2D eigenvalue weighted by molar-refractivity contribution is 9.10. The van der Waals surface area contributed by atoms with Gasteiger partial charge < -0.3 is 9.15 Å². The molecule has 0 radical (unpaired) electrons. The van der Waals surface area contributed by atoms with Crippen LogP contribution in [0.5, 0.6) is 0 Å². The van der Waals surface area contributed by atoms with E-state index in [0.717, 1.165) is 9.86 Å². The van der Waals surface area contributed by atoms with E-state index in [2.05, 4.69) is 31.2 Å². The summed E-state index contributed by atoms with van der Waals surface area (Å²) < 4.78 is 11.9. The van der Waals surface area contributed by atoms with Crippen molar-refractivity contribution in [3.63, 3.8) is 0 Å². The van der Waals surface area contributed by atoms with Crippen LogP contribution in [0.4, 0.5) is 10.8 Å². The predicted molar refractivity (Wildman–Crippen MR) is 122 cm³/mol. The van der Waals surface area contributed by atoms with Crippen molar-refractivity contribution < 1.29 is 18.7 Å². The number of hydrogen-bond donors (Lipinski definition) is 1. The molecule has 1 N–H and O–H groups in total. The third kappa shape index (κ3) is 4.89. The van der Waals surface area contributed by atoms with E-state index in [-0.39, 0.29) is 17.7 Å². The normalized spacial score (nSPS) is 11.5. The van der Waals surface area contributed by atoms with E-state index in [1.165, 1.54) is 11.3 Å². The first-order valence-electron chi connectivity index (χ1n) is 9.29. The highest BCUT2D eigenvalue weighted by Gasteiger charge is 2.15. The van der Waals surface area contributed by atoms with Crippen LogP contribution in [0.2, 0.25) is 0 Å². The van der Waals surface area contributed by atoms with Crippen LogP contribution in [0.25, 0.3) is 11.0 Å². The Labute approximate surface area is 189 Å². The van der Waals surface area contributed by atoms with Gasteiger partial charge in [-0.2, -0.15) is 0 Å². The van der Waals surface area contributed by atoms with Gasteiger partial charge in [0.2, 0.25) is 5.55 Å². The molecule has 9 heteroatoms.